The molecule has 5 rings (SSSR count). The monoisotopic (exact) mass is 503 g/mol. The van der Waals surface area contributed by atoms with Gasteiger partial charge in [0.2, 0.25) is 5.91 Å². The maximum Gasteiger partial charge on any atom is 0.254 e. The molecule has 3 aromatic heterocycles. The molecule has 1 aromatic carbocycles. The van der Waals surface area contributed by atoms with E-state index in [4.69, 9.17) is 17.3 Å². The standard InChI is InChI=1S/C26H26ClN7O2/c1-15-4-3-5-23(34-14-30-20(12-24(34)35)18-11-17(27)6-7-19(18)28)16-8-9-29-21(10-16)25-22(32-26(15)36)13-31-33(25)2/h6-15,23H,3-5,28H2,1-2H3,(H,32,36)/t15-,23+/m1/s1. The van der Waals surface area contributed by atoms with Crippen molar-refractivity contribution < 1.29 is 4.79 Å². The Morgan fingerprint density at radius 2 is 1.92 bits per heavy atom. The quantitative estimate of drug-likeness (QED) is 0.394. The highest BCUT2D eigenvalue weighted by molar-refractivity contribution is 6.31. The molecule has 1 amide bonds. The number of hydrogen-bond donors (Lipinski definition) is 2. The SMILES string of the molecule is C[C@@H]1CCC[C@H](n2cnc(-c3cc(Cl)ccc3N)cc2=O)c2ccnc(c2)-c2c(cnn2C)NC1=O. The minimum Gasteiger partial charge on any atom is -0.398 e. The van der Waals surface area contributed by atoms with Gasteiger partial charge < -0.3 is 11.1 Å². The van der Waals surface area contributed by atoms with Gasteiger partial charge in [-0.05, 0) is 48.7 Å². The van der Waals surface area contributed by atoms with E-state index in [0.717, 1.165) is 12.0 Å². The maximum absolute atomic E-state index is 13.4. The van der Waals surface area contributed by atoms with Gasteiger partial charge >= 0.3 is 0 Å². The molecule has 0 aliphatic carbocycles. The third-order valence-electron chi connectivity index (χ3n) is 6.63. The van der Waals surface area contributed by atoms with Gasteiger partial charge in [-0.25, -0.2) is 4.98 Å². The van der Waals surface area contributed by atoms with Crippen LogP contribution in [0.4, 0.5) is 11.4 Å². The second-order valence-corrected chi connectivity index (χ2v) is 9.53. The Morgan fingerprint density at radius 1 is 1.08 bits per heavy atom. The molecule has 3 N–H and O–H groups in total. The van der Waals surface area contributed by atoms with Crippen LogP contribution >= 0.6 is 11.6 Å². The number of benzene rings is 1. The molecule has 0 fully saturated rings. The van der Waals surface area contributed by atoms with Crippen molar-refractivity contribution >= 4 is 28.9 Å². The summed E-state index contributed by atoms with van der Waals surface area (Å²) in [5.41, 5.74) is 10.4. The highest BCUT2D eigenvalue weighted by Gasteiger charge is 2.23. The van der Waals surface area contributed by atoms with Crippen LogP contribution in [0, 0.1) is 5.92 Å². The Labute approximate surface area is 213 Å². The number of carbonyl (C=O) groups excluding carboxylic acids is 1. The molecule has 10 heteroatoms. The summed E-state index contributed by atoms with van der Waals surface area (Å²) in [7, 11) is 1.81. The molecular weight excluding hydrogens is 478 g/mol. The molecule has 184 valence electrons. The van der Waals surface area contributed by atoms with Crippen molar-refractivity contribution in [3.63, 3.8) is 0 Å². The Balaban J connectivity index is 1.60. The van der Waals surface area contributed by atoms with Crippen molar-refractivity contribution in [1.29, 1.82) is 0 Å². The van der Waals surface area contributed by atoms with Gasteiger partial charge in [0.15, 0.2) is 0 Å². The molecule has 0 radical (unpaired) electrons. The van der Waals surface area contributed by atoms with Gasteiger partial charge in [-0.1, -0.05) is 24.9 Å². The average Bonchev–Trinajstić information content (AvgIpc) is 3.22. The number of halogens is 1. The van der Waals surface area contributed by atoms with Crippen molar-refractivity contribution in [2.45, 2.75) is 32.2 Å². The fourth-order valence-electron chi connectivity index (χ4n) is 4.63. The molecule has 2 atom stereocenters. The highest BCUT2D eigenvalue weighted by Crippen LogP contribution is 2.32. The van der Waals surface area contributed by atoms with Gasteiger partial charge in [0.05, 0.1) is 35.6 Å². The number of rotatable bonds is 2. The first kappa shape index (κ1) is 23.7. The van der Waals surface area contributed by atoms with Gasteiger partial charge in [-0.2, -0.15) is 5.10 Å². The van der Waals surface area contributed by atoms with Crippen LogP contribution < -0.4 is 16.6 Å². The number of anilines is 2. The van der Waals surface area contributed by atoms with Crippen molar-refractivity contribution in [2.24, 2.45) is 13.0 Å². The third kappa shape index (κ3) is 4.49. The molecule has 36 heavy (non-hydrogen) atoms. The highest BCUT2D eigenvalue weighted by atomic mass is 35.5. The van der Waals surface area contributed by atoms with Crippen LogP contribution in [0.2, 0.25) is 5.02 Å². The first-order chi connectivity index (χ1) is 17.3. The van der Waals surface area contributed by atoms with E-state index in [-0.39, 0.29) is 23.4 Å². The van der Waals surface area contributed by atoms with Crippen LogP contribution in [-0.2, 0) is 11.8 Å². The number of nitrogens with one attached hydrogen (secondary N) is 1. The molecule has 0 spiro atoms. The van der Waals surface area contributed by atoms with E-state index >= 15 is 0 Å². The Kier molecular flexibility index (Phi) is 6.32. The zero-order valence-electron chi connectivity index (χ0n) is 20.0. The molecular formula is C26H26ClN7O2. The second kappa shape index (κ2) is 9.58. The lowest BCUT2D eigenvalue weighted by atomic mass is 9.95. The minimum absolute atomic E-state index is 0.0696. The van der Waals surface area contributed by atoms with Crippen LogP contribution in [-0.4, -0.2) is 30.2 Å². The lowest BCUT2D eigenvalue weighted by Gasteiger charge is -2.22. The summed E-state index contributed by atoms with van der Waals surface area (Å²) in [5.74, 6) is -0.271. The second-order valence-electron chi connectivity index (χ2n) is 9.09. The van der Waals surface area contributed by atoms with Gasteiger partial charge in [-0.3, -0.25) is 23.8 Å². The zero-order chi connectivity index (χ0) is 25.4. The molecule has 4 heterocycles. The summed E-state index contributed by atoms with van der Waals surface area (Å²) in [5, 5.41) is 7.83. The largest absolute Gasteiger partial charge is 0.398 e. The molecule has 4 aromatic rings. The van der Waals surface area contributed by atoms with E-state index in [1.807, 2.05) is 19.1 Å². The zero-order valence-corrected chi connectivity index (χ0v) is 20.7. The van der Waals surface area contributed by atoms with Crippen molar-refractivity contribution in [3.8, 4) is 22.6 Å². The summed E-state index contributed by atoms with van der Waals surface area (Å²) in [4.78, 5) is 35.3. The number of hydrogen-bond acceptors (Lipinski definition) is 6. The molecule has 0 saturated heterocycles. The van der Waals surface area contributed by atoms with E-state index in [1.54, 1.807) is 53.2 Å². The Hall–Kier alpha value is -3.98. The van der Waals surface area contributed by atoms with Crippen LogP contribution in [0.1, 0.15) is 37.8 Å². The summed E-state index contributed by atoms with van der Waals surface area (Å²) in [6.45, 7) is 1.90. The number of nitrogens with two attached hydrogens (primary N) is 1. The topological polar surface area (TPSA) is 121 Å². The third-order valence-corrected chi connectivity index (χ3v) is 6.87. The first-order valence-electron chi connectivity index (χ1n) is 11.7. The number of fused-ring (bicyclic) bond motifs is 4. The predicted molar refractivity (Wildman–Crippen MR) is 140 cm³/mol. The van der Waals surface area contributed by atoms with Gasteiger partial charge in [0.1, 0.15) is 5.69 Å². The fourth-order valence-corrected chi connectivity index (χ4v) is 4.80. The number of nitrogen functional groups attached to an aromatic ring is 1. The smallest absolute Gasteiger partial charge is 0.254 e. The number of amides is 1. The van der Waals surface area contributed by atoms with Gasteiger partial charge in [0, 0.05) is 41.5 Å². The van der Waals surface area contributed by atoms with E-state index in [9.17, 15) is 9.59 Å². The molecule has 0 unspecified atom stereocenters. The maximum atomic E-state index is 13.4. The minimum atomic E-state index is -0.288. The summed E-state index contributed by atoms with van der Waals surface area (Å²) >= 11 is 6.14. The van der Waals surface area contributed by atoms with Crippen molar-refractivity contribution in [2.75, 3.05) is 11.1 Å². The van der Waals surface area contributed by atoms with Crippen LogP contribution in [0.5, 0.6) is 0 Å². The normalized spacial score (nSPS) is 18.0. The van der Waals surface area contributed by atoms with Crippen LogP contribution in [0.25, 0.3) is 22.6 Å². The summed E-state index contributed by atoms with van der Waals surface area (Å²) < 4.78 is 3.31. The van der Waals surface area contributed by atoms with Crippen molar-refractivity contribution in [1.82, 2.24) is 24.3 Å². The summed E-state index contributed by atoms with van der Waals surface area (Å²) in [6.07, 6.45) is 6.97. The first-order valence-corrected chi connectivity index (χ1v) is 12.1. The lowest BCUT2D eigenvalue weighted by molar-refractivity contribution is -0.119. The van der Waals surface area contributed by atoms with E-state index in [0.29, 0.717) is 51.9 Å². The molecule has 9 nitrogen and oxygen atoms in total. The number of nitrogens with zero attached hydrogens (tertiary/aromatic N) is 5. The van der Waals surface area contributed by atoms with Crippen molar-refractivity contribution in [3.05, 3.63) is 76.1 Å². The molecule has 0 saturated carbocycles. The Morgan fingerprint density at radius 3 is 2.72 bits per heavy atom. The number of aryl methyl sites for hydroxylation is 1. The molecule has 2 bridgehead atoms. The van der Waals surface area contributed by atoms with Crippen LogP contribution in [0.15, 0.2) is 59.9 Å². The van der Waals surface area contributed by atoms with E-state index in [2.05, 4.69) is 20.4 Å². The van der Waals surface area contributed by atoms with Gasteiger partial charge in [0.25, 0.3) is 5.56 Å². The molecule has 1 aliphatic rings. The number of aromatic nitrogens is 5. The van der Waals surface area contributed by atoms with E-state index < -0.39 is 0 Å². The predicted octanol–water partition coefficient (Wildman–Crippen LogP) is 4.29. The average molecular weight is 504 g/mol. The molecule has 1 aliphatic heterocycles. The van der Waals surface area contributed by atoms with Crippen LogP contribution in [0.3, 0.4) is 0 Å². The number of carbonyl (C=O) groups is 1. The van der Waals surface area contributed by atoms with Gasteiger partial charge in [-0.15, -0.1) is 0 Å². The Bertz CT molecular complexity index is 1510. The summed E-state index contributed by atoms with van der Waals surface area (Å²) in [6, 6.07) is 10.1. The fraction of sp³-hybridized carbons (Fsp3) is 0.269. The number of pyridine rings is 1. The lowest BCUT2D eigenvalue weighted by Crippen LogP contribution is -2.26. The van der Waals surface area contributed by atoms with E-state index in [1.165, 1.54) is 6.07 Å².